The Hall–Kier alpha value is -1.02. The van der Waals surface area contributed by atoms with Gasteiger partial charge in [0.25, 0.3) is 0 Å². The van der Waals surface area contributed by atoms with Gasteiger partial charge in [0, 0.05) is 12.6 Å². The second-order valence-corrected chi connectivity index (χ2v) is 6.10. The summed E-state index contributed by atoms with van der Waals surface area (Å²) in [5, 5.41) is 3.67. The van der Waals surface area contributed by atoms with Crippen molar-refractivity contribution >= 4 is 0 Å². The third-order valence-electron chi connectivity index (χ3n) is 3.31. The van der Waals surface area contributed by atoms with Crippen LogP contribution in [0.5, 0.6) is 5.75 Å². The zero-order valence-corrected chi connectivity index (χ0v) is 11.3. The van der Waals surface area contributed by atoms with Crippen molar-refractivity contribution in [2.75, 3.05) is 13.7 Å². The summed E-state index contributed by atoms with van der Waals surface area (Å²) in [5.41, 5.74) is 3.23. The molecule has 1 aromatic rings. The van der Waals surface area contributed by atoms with Gasteiger partial charge in [-0.15, -0.1) is 0 Å². The van der Waals surface area contributed by atoms with Gasteiger partial charge in [-0.3, -0.25) is 0 Å². The molecule has 1 aromatic carbocycles. The number of benzene rings is 1. The average Bonchev–Trinajstić information content (AvgIpc) is 2.67. The maximum atomic E-state index is 5.31. The van der Waals surface area contributed by atoms with Crippen molar-refractivity contribution in [3.8, 4) is 5.75 Å². The summed E-state index contributed by atoms with van der Waals surface area (Å²) in [4.78, 5) is 0. The van der Waals surface area contributed by atoms with Crippen LogP contribution in [0, 0.1) is 5.41 Å². The monoisotopic (exact) mass is 233 g/mol. The third kappa shape index (κ3) is 3.01. The van der Waals surface area contributed by atoms with Gasteiger partial charge in [-0.05, 0) is 41.5 Å². The van der Waals surface area contributed by atoms with Crippen LogP contribution in [-0.2, 0) is 6.42 Å². The molecule has 1 aliphatic rings. The third-order valence-corrected chi connectivity index (χ3v) is 3.31. The van der Waals surface area contributed by atoms with Crippen LogP contribution in [0.3, 0.4) is 0 Å². The van der Waals surface area contributed by atoms with Gasteiger partial charge in [0.2, 0.25) is 0 Å². The molecule has 0 fully saturated rings. The molecule has 2 nitrogen and oxygen atoms in total. The molecule has 0 bridgehead atoms. The van der Waals surface area contributed by atoms with Crippen molar-refractivity contribution in [3.63, 3.8) is 0 Å². The van der Waals surface area contributed by atoms with E-state index in [2.05, 4.69) is 44.3 Å². The second-order valence-electron chi connectivity index (χ2n) is 6.10. The quantitative estimate of drug-likeness (QED) is 0.864. The zero-order chi connectivity index (χ0) is 12.5. The average molecular weight is 233 g/mol. The topological polar surface area (TPSA) is 21.3 Å². The van der Waals surface area contributed by atoms with E-state index in [1.165, 1.54) is 24.0 Å². The van der Waals surface area contributed by atoms with Crippen molar-refractivity contribution < 1.29 is 4.74 Å². The molecular weight excluding hydrogens is 210 g/mol. The Morgan fingerprint density at radius 2 is 2.12 bits per heavy atom. The number of fused-ring (bicyclic) bond motifs is 1. The maximum absolute atomic E-state index is 5.31. The van der Waals surface area contributed by atoms with Crippen molar-refractivity contribution in [2.45, 2.75) is 39.7 Å². The van der Waals surface area contributed by atoms with Crippen molar-refractivity contribution in [3.05, 3.63) is 29.3 Å². The van der Waals surface area contributed by atoms with E-state index in [9.17, 15) is 0 Å². The molecule has 0 radical (unpaired) electrons. The minimum Gasteiger partial charge on any atom is -0.497 e. The van der Waals surface area contributed by atoms with Crippen LogP contribution < -0.4 is 10.1 Å². The fraction of sp³-hybridized carbons (Fsp3) is 0.600. The zero-order valence-electron chi connectivity index (χ0n) is 11.3. The van der Waals surface area contributed by atoms with E-state index in [1.807, 2.05) is 0 Å². The molecule has 0 saturated heterocycles. The summed E-state index contributed by atoms with van der Waals surface area (Å²) in [6, 6.07) is 6.94. The summed E-state index contributed by atoms with van der Waals surface area (Å²) in [6.07, 6.45) is 2.39. The molecule has 1 unspecified atom stereocenters. The lowest BCUT2D eigenvalue weighted by atomic mass is 9.96. The minimum atomic E-state index is 0.335. The van der Waals surface area contributed by atoms with Crippen LogP contribution in [0.4, 0.5) is 0 Å². The molecule has 17 heavy (non-hydrogen) atoms. The second kappa shape index (κ2) is 4.69. The van der Waals surface area contributed by atoms with E-state index in [0.29, 0.717) is 11.5 Å². The molecule has 0 amide bonds. The molecule has 0 aliphatic heterocycles. The van der Waals surface area contributed by atoms with Gasteiger partial charge in [-0.1, -0.05) is 26.8 Å². The largest absolute Gasteiger partial charge is 0.497 e. The first-order chi connectivity index (χ1) is 7.99. The first kappa shape index (κ1) is 12.4. The highest BCUT2D eigenvalue weighted by Crippen LogP contribution is 2.34. The normalized spacial score (nSPS) is 19.2. The first-order valence-electron chi connectivity index (χ1n) is 6.40. The lowest BCUT2D eigenvalue weighted by Gasteiger charge is -2.23. The van der Waals surface area contributed by atoms with E-state index in [4.69, 9.17) is 4.74 Å². The highest BCUT2D eigenvalue weighted by molar-refractivity contribution is 5.40. The van der Waals surface area contributed by atoms with E-state index >= 15 is 0 Å². The van der Waals surface area contributed by atoms with Crippen molar-refractivity contribution in [1.29, 1.82) is 0 Å². The van der Waals surface area contributed by atoms with Crippen LogP contribution in [-0.4, -0.2) is 13.7 Å². The first-order valence-corrected chi connectivity index (χ1v) is 6.40. The summed E-state index contributed by atoms with van der Waals surface area (Å²) in [6.45, 7) is 7.85. The van der Waals surface area contributed by atoms with Gasteiger partial charge in [-0.2, -0.15) is 0 Å². The Morgan fingerprint density at radius 1 is 1.35 bits per heavy atom. The summed E-state index contributed by atoms with van der Waals surface area (Å²) >= 11 is 0. The number of rotatable bonds is 3. The lowest BCUT2D eigenvalue weighted by Crippen LogP contribution is -2.29. The van der Waals surface area contributed by atoms with Gasteiger partial charge in [0.1, 0.15) is 5.75 Å². The molecule has 0 aromatic heterocycles. The van der Waals surface area contributed by atoms with Gasteiger partial charge >= 0.3 is 0 Å². The van der Waals surface area contributed by atoms with Gasteiger partial charge in [-0.25, -0.2) is 0 Å². The van der Waals surface area contributed by atoms with E-state index in [1.54, 1.807) is 7.11 Å². The SMILES string of the molecule is COc1ccc2c(c1)C(NCC(C)(C)C)CC2. The van der Waals surface area contributed by atoms with Crippen LogP contribution in [0.1, 0.15) is 44.4 Å². The Labute approximate surface area is 104 Å². The Balaban J connectivity index is 2.10. The van der Waals surface area contributed by atoms with Crippen LogP contribution >= 0.6 is 0 Å². The Kier molecular flexibility index (Phi) is 3.43. The highest BCUT2D eigenvalue weighted by atomic mass is 16.5. The predicted molar refractivity (Wildman–Crippen MR) is 71.5 cm³/mol. The molecule has 1 N–H and O–H groups in total. The Morgan fingerprint density at radius 3 is 2.76 bits per heavy atom. The van der Waals surface area contributed by atoms with E-state index < -0.39 is 0 Å². The molecule has 2 heteroatoms. The van der Waals surface area contributed by atoms with Gasteiger partial charge < -0.3 is 10.1 Å². The fourth-order valence-electron chi connectivity index (χ4n) is 2.35. The summed E-state index contributed by atoms with van der Waals surface area (Å²) in [7, 11) is 1.73. The molecule has 0 heterocycles. The highest BCUT2D eigenvalue weighted by Gasteiger charge is 2.23. The Bertz CT molecular complexity index is 392. The number of methoxy groups -OCH3 is 1. The van der Waals surface area contributed by atoms with Crippen LogP contribution in [0.2, 0.25) is 0 Å². The molecule has 1 atom stereocenters. The number of aryl methyl sites for hydroxylation is 1. The molecule has 0 spiro atoms. The van der Waals surface area contributed by atoms with E-state index in [0.717, 1.165) is 12.3 Å². The van der Waals surface area contributed by atoms with Crippen LogP contribution in [0.15, 0.2) is 18.2 Å². The van der Waals surface area contributed by atoms with Gasteiger partial charge in [0.15, 0.2) is 0 Å². The number of hydrogen-bond donors (Lipinski definition) is 1. The number of nitrogens with one attached hydrogen (secondary N) is 1. The van der Waals surface area contributed by atoms with Crippen LogP contribution in [0.25, 0.3) is 0 Å². The van der Waals surface area contributed by atoms with Crippen molar-refractivity contribution in [1.82, 2.24) is 5.32 Å². The number of ether oxygens (including phenoxy) is 1. The smallest absolute Gasteiger partial charge is 0.119 e. The predicted octanol–water partition coefficient (Wildman–Crippen LogP) is 3.32. The lowest BCUT2D eigenvalue weighted by molar-refractivity contribution is 0.351. The maximum Gasteiger partial charge on any atom is 0.119 e. The summed E-state index contributed by atoms with van der Waals surface area (Å²) < 4.78 is 5.31. The fourth-order valence-corrected chi connectivity index (χ4v) is 2.35. The molecule has 0 saturated carbocycles. The minimum absolute atomic E-state index is 0.335. The molecule has 2 rings (SSSR count). The molecular formula is C15H23NO. The molecule has 94 valence electrons. The number of hydrogen-bond acceptors (Lipinski definition) is 2. The molecule has 1 aliphatic carbocycles. The van der Waals surface area contributed by atoms with Gasteiger partial charge in [0.05, 0.1) is 7.11 Å². The van der Waals surface area contributed by atoms with Crippen molar-refractivity contribution in [2.24, 2.45) is 5.41 Å². The van der Waals surface area contributed by atoms with E-state index in [-0.39, 0.29) is 0 Å². The standard InChI is InChI=1S/C15H23NO/c1-15(2,3)10-16-14-8-6-11-5-7-12(17-4)9-13(11)14/h5,7,9,14,16H,6,8,10H2,1-4H3. The summed E-state index contributed by atoms with van der Waals surface area (Å²) in [5.74, 6) is 0.966.